The molecular weight excluding hydrogens is 175 g/mol. The first-order chi connectivity index (χ1) is 6.68. The summed E-state index contributed by atoms with van der Waals surface area (Å²) in [4.78, 5) is 0. The molecule has 0 N–H and O–H groups in total. The van der Waals surface area contributed by atoms with Crippen LogP contribution in [0.4, 0.5) is 4.39 Å². The van der Waals surface area contributed by atoms with E-state index in [9.17, 15) is 4.39 Å². The van der Waals surface area contributed by atoms with Crippen LogP contribution in [0.1, 0.15) is 59.3 Å². The monoisotopic (exact) mass is 200 g/mol. The van der Waals surface area contributed by atoms with Gasteiger partial charge in [-0.1, -0.05) is 50.7 Å². The largest absolute Gasteiger partial charge is 0.213 e. The molecule has 84 valence electrons. The maximum absolute atomic E-state index is 11.3. The third-order valence-corrected chi connectivity index (χ3v) is 1.90. The van der Waals surface area contributed by atoms with Crippen LogP contribution in [-0.2, 0) is 0 Å². The SMILES string of the molecule is C/C=C(\C)F.C1CCCCC1.C=CC. The summed E-state index contributed by atoms with van der Waals surface area (Å²) in [6.07, 6.45) is 12.2. The van der Waals surface area contributed by atoms with E-state index in [-0.39, 0.29) is 5.83 Å². The Balaban J connectivity index is 0. The van der Waals surface area contributed by atoms with Gasteiger partial charge in [0.2, 0.25) is 0 Å². The van der Waals surface area contributed by atoms with E-state index in [0.717, 1.165) is 0 Å². The number of hydrogen-bond acceptors (Lipinski definition) is 0. The topological polar surface area (TPSA) is 0 Å². The fourth-order valence-corrected chi connectivity index (χ4v) is 1.06. The zero-order chi connectivity index (χ0) is 11.2. The summed E-state index contributed by atoms with van der Waals surface area (Å²) in [5.74, 6) is -0.120. The van der Waals surface area contributed by atoms with Crippen molar-refractivity contribution in [1.29, 1.82) is 0 Å². The molecule has 1 heteroatoms. The summed E-state index contributed by atoms with van der Waals surface area (Å²) >= 11 is 0. The Morgan fingerprint density at radius 1 is 1.00 bits per heavy atom. The van der Waals surface area contributed by atoms with E-state index in [1.54, 1.807) is 13.0 Å². The van der Waals surface area contributed by atoms with Crippen LogP contribution in [0.25, 0.3) is 0 Å². The number of allylic oxidation sites excluding steroid dienone is 3. The van der Waals surface area contributed by atoms with Crippen molar-refractivity contribution < 1.29 is 4.39 Å². The van der Waals surface area contributed by atoms with E-state index in [1.807, 2.05) is 6.92 Å². The van der Waals surface area contributed by atoms with Crippen molar-refractivity contribution in [3.8, 4) is 0 Å². The number of rotatable bonds is 0. The molecule has 1 fully saturated rings. The Bertz CT molecular complexity index is 117. The van der Waals surface area contributed by atoms with Crippen LogP contribution in [0.5, 0.6) is 0 Å². The van der Waals surface area contributed by atoms with Gasteiger partial charge in [-0.25, -0.2) is 4.39 Å². The van der Waals surface area contributed by atoms with Crippen LogP contribution in [0.3, 0.4) is 0 Å². The average Bonchev–Trinajstić information content (AvgIpc) is 2.22. The summed E-state index contributed by atoms with van der Waals surface area (Å²) < 4.78 is 11.3. The van der Waals surface area contributed by atoms with Crippen molar-refractivity contribution in [3.05, 3.63) is 24.6 Å². The first kappa shape index (κ1) is 15.9. The minimum atomic E-state index is -0.120. The Hall–Kier alpha value is -0.590. The lowest BCUT2D eigenvalue weighted by atomic mass is 10.0. The summed E-state index contributed by atoms with van der Waals surface area (Å²) in [5, 5.41) is 0. The average molecular weight is 200 g/mol. The van der Waals surface area contributed by atoms with Crippen molar-refractivity contribution in [1.82, 2.24) is 0 Å². The standard InChI is InChI=1S/C6H12.C4H7F.C3H6/c1-2-4-6-5-3-1;1-3-4(2)5;1-3-2/h1-6H2;3H,1-2H3;3H,1H2,2H3/b;4-3+;. The smallest absolute Gasteiger partial charge is 0.0926 e. The fraction of sp³-hybridized carbons (Fsp3) is 0.692. The van der Waals surface area contributed by atoms with E-state index < -0.39 is 0 Å². The fourth-order valence-electron chi connectivity index (χ4n) is 1.06. The molecular formula is C13H25F. The van der Waals surface area contributed by atoms with Gasteiger partial charge in [0, 0.05) is 0 Å². The lowest BCUT2D eigenvalue weighted by Gasteiger charge is -2.05. The van der Waals surface area contributed by atoms with Gasteiger partial charge >= 0.3 is 0 Å². The molecule has 0 aliphatic heterocycles. The molecule has 0 radical (unpaired) electrons. The Morgan fingerprint density at radius 2 is 1.14 bits per heavy atom. The van der Waals surface area contributed by atoms with Gasteiger partial charge in [-0.3, -0.25) is 0 Å². The van der Waals surface area contributed by atoms with Gasteiger partial charge in [0.15, 0.2) is 0 Å². The second-order valence-electron chi connectivity index (χ2n) is 3.41. The summed E-state index contributed by atoms with van der Waals surface area (Å²) in [7, 11) is 0. The third kappa shape index (κ3) is 22.5. The van der Waals surface area contributed by atoms with E-state index in [4.69, 9.17) is 0 Å². The van der Waals surface area contributed by atoms with Gasteiger partial charge in [-0.2, -0.15) is 0 Å². The molecule has 0 heterocycles. The Labute approximate surface area is 88.9 Å². The minimum Gasteiger partial charge on any atom is -0.213 e. The van der Waals surface area contributed by atoms with Crippen LogP contribution < -0.4 is 0 Å². The van der Waals surface area contributed by atoms with Crippen LogP contribution >= 0.6 is 0 Å². The van der Waals surface area contributed by atoms with Crippen LogP contribution in [-0.4, -0.2) is 0 Å². The second kappa shape index (κ2) is 14.9. The first-order valence-electron chi connectivity index (χ1n) is 5.54. The summed E-state index contributed by atoms with van der Waals surface area (Å²) in [6, 6.07) is 0. The zero-order valence-electron chi connectivity index (χ0n) is 9.98. The molecule has 0 atom stereocenters. The van der Waals surface area contributed by atoms with Gasteiger partial charge in [-0.15, -0.1) is 6.58 Å². The molecule has 0 aromatic carbocycles. The first-order valence-corrected chi connectivity index (χ1v) is 5.54. The molecule has 0 aromatic heterocycles. The highest BCUT2D eigenvalue weighted by Gasteiger charge is 1.95. The molecule has 14 heavy (non-hydrogen) atoms. The summed E-state index contributed by atoms with van der Waals surface area (Å²) in [5.41, 5.74) is 0. The zero-order valence-corrected chi connectivity index (χ0v) is 9.98. The Kier molecular flexibility index (Phi) is 16.9. The molecule has 1 saturated carbocycles. The molecule has 0 unspecified atom stereocenters. The molecule has 0 saturated heterocycles. The molecule has 1 rings (SSSR count). The van der Waals surface area contributed by atoms with Crippen molar-refractivity contribution in [3.63, 3.8) is 0 Å². The highest BCUT2D eigenvalue weighted by Crippen LogP contribution is 2.15. The van der Waals surface area contributed by atoms with Crippen molar-refractivity contribution in [2.24, 2.45) is 0 Å². The molecule has 1 aliphatic carbocycles. The van der Waals surface area contributed by atoms with Crippen molar-refractivity contribution in [2.75, 3.05) is 0 Å². The van der Waals surface area contributed by atoms with Gasteiger partial charge < -0.3 is 0 Å². The number of hydrogen-bond donors (Lipinski definition) is 0. The molecule has 0 bridgehead atoms. The van der Waals surface area contributed by atoms with Crippen molar-refractivity contribution in [2.45, 2.75) is 59.3 Å². The predicted octanol–water partition coefficient (Wildman–Crippen LogP) is 5.41. The molecule has 0 aromatic rings. The van der Waals surface area contributed by atoms with Gasteiger partial charge in [0.05, 0.1) is 5.83 Å². The lowest BCUT2D eigenvalue weighted by molar-refractivity contribution is 0.504. The predicted molar refractivity (Wildman–Crippen MR) is 64.1 cm³/mol. The molecule has 0 amide bonds. The number of halogens is 1. The van der Waals surface area contributed by atoms with Gasteiger partial charge in [0.25, 0.3) is 0 Å². The van der Waals surface area contributed by atoms with Crippen molar-refractivity contribution >= 4 is 0 Å². The highest BCUT2D eigenvalue weighted by molar-refractivity contribution is 4.80. The Morgan fingerprint density at radius 3 is 1.21 bits per heavy atom. The van der Waals surface area contributed by atoms with Crippen LogP contribution in [0.2, 0.25) is 0 Å². The van der Waals surface area contributed by atoms with E-state index in [0.29, 0.717) is 0 Å². The second-order valence-corrected chi connectivity index (χ2v) is 3.41. The quantitative estimate of drug-likeness (QED) is 0.458. The normalized spacial score (nSPS) is 15.6. The van der Waals surface area contributed by atoms with E-state index in [2.05, 4.69) is 6.58 Å². The molecule has 0 nitrogen and oxygen atoms in total. The van der Waals surface area contributed by atoms with Crippen LogP contribution in [0, 0.1) is 0 Å². The van der Waals surface area contributed by atoms with Gasteiger partial charge in [0.1, 0.15) is 0 Å². The van der Waals surface area contributed by atoms with Crippen LogP contribution in [0.15, 0.2) is 24.6 Å². The molecule has 0 spiro atoms. The van der Waals surface area contributed by atoms with Gasteiger partial charge in [-0.05, 0) is 20.8 Å². The van der Waals surface area contributed by atoms with E-state index in [1.165, 1.54) is 51.5 Å². The molecule has 1 aliphatic rings. The lowest BCUT2D eigenvalue weighted by Crippen LogP contribution is -1.85. The van der Waals surface area contributed by atoms with E-state index >= 15 is 0 Å². The maximum atomic E-state index is 11.3. The summed E-state index contributed by atoms with van der Waals surface area (Å²) in [6.45, 7) is 8.33. The maximum Gasteiger partial charge on any atom is 0.0926 e. The third-order valence-electron chi connectivity index (χ3n) is 1.90. The minimum absolute atomic E-state index is 0.120. The highest BCUT2D eigenvalue weighted by atomic mass is 19.1.